The van der Waals surface area contributed by atoms with Crippen molar-refractivity contribution >= 4 is 34.0 Å². The van der Waals surface area contributed by atoms with Gasteiger partial charge in [0.15, 0.2) is 5.13 Å². The van der Waals surface area contributed by atoms with Crippen LogP contribution in [0.2, 0.25) is 0 Å². The summed E-state index contributed by atoms with van der Waals surface area (Å²) in [7, 11) is 0. The molecule has 166 valence electrons. The number of nitrogens with zero attached hydrogens (tertiary/aromatic N) is 3. The van der Waals surface area contributed by atoms with Gasteiger partial charge >= 0.3 is 0 Å². The third kappa shape index (κ3) is 5.42. The standard InChI is InChI=1S/C23H25N5O3S/c1-16-3-2-4-19(13-16)27-9-11-28(12-10-27)21(30)8-6-18-15-32-23(25-18)26-22(31)17-5-7-20(29)24-14-17/h2-5,7,13-15H,6,8-12H2,1H3,(H,24,29)(H,25,26,31). The van der Waals surface area contributed by atoms with Crippen molar-refractivity contribution in [2.75, 3.05) is 36.4 Å². The number of aromatic nitrogens is 2. The van der Waals surface area contributed by atoms with Gasteiger partial charge in [0, 0.05) is 55.9 Å². The second-order valence-corrected chi connectivity index (χ2v) is 8.60. The second kappa shape index (κ2) is 9.78. The molecule has 0 spiro atoms. The van der Waals surface area contributed by atoms with E-state index in [0.29, 0.717) is 36.6 Å². The summed E-state index contributed by atoms with van der Waals surface area (Å²) in [6.45, 7) is 5.16. The number of carbonyl (C=O) groups is 2. The smallest absolute Gasteiger partial charge is 0.258 e. The Bertz CT molecular complexity index is 1140. The average Bonchev–Trinajstić information content (AvgIpc) is 3.25. The van der Waals surface area contributed by atoms with Crippen LogP contribution in [0.4, 0.5) is 10.8 Å². The predicted molar refractivity (Wildman–Crippen MR) is 125 cm³/mol. The molecule has 1 aliphatic rings. The number of aromatic amines is 1. The number of hydrogen-bond acceptors (Lipinski definition) is 6. The highest BCUT2D eigenvalue weighted by Gasteiger charge is 2.21. The molecule has 4 rings (SSSR count). The van der Waals surface area contributed by atoms with Gasteiger partial charge in [-0.15, -0.1) is 11.3 Å². The van der Waals surface area contributed by atoms with Crippen LogP contribution in [-0.4, -0.2) is 52.9 Å². The summed E-state index contributed by atoms with van der Waals surface area (Å²) in [5.74, 6) is -0.217. The zero-order valence-corrected chi connectivity index (χ0v) is 18.7. The maximum absolute atomic E-state index is 12.7. The van der Waals surface area contributed by atoms with Crippen LogP contribution < -0.4 is 15.8 Å². The quantitative estimate of drug-likeness (QED) is 0.600. The number of piperazine rings is 1. The molecule has 0 unspecified atom stereocenters. The minimum atomic E-state index is -0.343. The van der Waals surface area contributed by atoms with Gasteiger partial charge in [0.05, 0.1) is 11.3 Å². The average molecular weight is 452 g/mol. The third-order valence-corrected chi connectivity index (χ3v) is 6.22. The number of rotatable bonds is 6. The largest absolute Gasteiger partial charge is 0.368 e. The van der Waals surface area contributed by atoms with Gasteiger partial charge in [-0.05, 0) is 37.1 Å². The molecule has 1 aliphatic heterocycles. The van der Waals surface area contributed by atoms with Crippen molar-refractivity contribution in [2.45, 2.75) is 19.8 Å². The van der Waals surface area contributed by atoms with Crippen LogP contribution in [0.1, 0.15) is 28.0 Å². The summed E-state index contributed by atoms with van der Waals surface area (Å²) in [4.78, 5) is 47.1. The molecule has 32 heavy (non-hydrogen) atoms. The molecule has 1 fully saturated rings. The minimum absolute atomic E-state index is 0.126. The Balaban J connectivity index is 1.24. The van der Waals surface area contributed by atoms with E-state index in [1.165, 1.54) is 40.9 Å². The van der Waals surface area contributed by atoms with E-state index in [9.17, 15) is 14.4 Å². The number of aryl methyl sites for hydroxylation is 2. The molecule has 0 atom stereocenters. The number of H-pyrrole nitrogens is 1. The van der Waals surface area contributed by atoms with E-state index in [1.54, 1.807) is 0 Å². The highest BCUT2D eigenvalue weighted by Crippen LogP contribution is 2.20. The molecular formula is C23H25N5O3S. The van der Waals surface area contributed by atoms with Crippen molar-refractivity contribution in [3.05, 3.63) is 75.1 Å². The lowest BCUT2D eigenvalue weighted by Gasteiger charge is -2.36. The molecule has 1 saturated heterocycles. The number of nitrogens with one attached hydrogen (secondary N) is 2. The van der Waals surface area contributed by atoms with E-state index in [2.05, 4.69) is 51.4 Å². The van der Waals surface area contributed by atoms with Crippen LogP contribution in [-0.2, 0) is 11.2 Å². The van der Waals surface area contributed by atoms with Gasteiger partial charge in [-0.25, -0.2) is 4.98 Å². The van der Waals surface area contributed by atoms with Gasteiger partial charge < -0.3 is 14.8 Å². The molecule has 9 heteroatoms. The van der Waals surface area contributed by atoms with Crippen molar-refractivity contribution < 1.29 is 9.59 Å². The Kier molecular flexibility index (Phi) is 6.65. The molecule has 2 amide bonds. The lowest BCUT2D eigenvalue weighted by atomic mass is 10.1. The number of pyridine rings is 1. The van der Waals surface area contributed by atoms with Crippen LogP contribution in [0.25, 0.3) is 0 Å². The number of benzene rings is 1. The molecular weight excluding hydrogens is 426 g/mol. The second-order valence-electron chi connectivity index (χ2n) is 7.75. The lowest BCUT2D eigenvalue weighted by molar-refractivity contribution is -0.131. The minimum Gasteiger partial charge on any atom is -0.368 e. The first-order valence-electron chi connectivity index (χ1n) is 10.5. The molecule has 3 aromatic rings. The van der Waals surface area contributed by atoms with Gasteiger partial charge in [-0.1, -0.05) is 12.1 Å². The lowest BCUT2D eigenvalue weighted by Crippen LogP contribution is -2.48. The van der Waals surface area contributed by atoms with Crippen LogP contribution >= 0.6 is 11.3 Å². The van der Waals surface area contributed by atoms with Crippen molar-refractivity contribution in [3.63, 3.8) is 0 Å². The van der Waals surface area contributed by atoms with Crippen LogP contribution in [0.3, 0.4) is 0 Å². The number of anilines is 2. The highest BCUT2D eigenvalue weighted by atomic mass is 32.1. The maximum Gasteiger partial charge on any atom is 0.258 e. The zero-order chi connectivity index (χ0) is 22.5. The van der Waals surface area contributed by atoms with E-state index >= 15 is 0 Å². The Morgan fingerprint density at radius 2 is 1.97 bits per heavy atom. The first-order chi connectivity index (χ1) is 15.5. The van der Waals surface area contributed by atoms with Gasteiger partial charge in [0.25, 0.3) is 5.91 Å². The summed E-state index contributed by atoms with van der Waals surface area (Å²) in [6.07, 6.45) is 2.28. The molecule has 0 saturated carbocycles. The Labute approximate surface area is 189 Å². The van der Waals surface area contributed by atoms with Crippen molar-refractivity contribution in [3.8, 4) is 0 Å². The molecule has 8 nitrogen and oxygen atoms in total. The Morgan fingerprint density at radius 3 is 2.69 bits per heavy atom. The number of carbonyl (C=O) groups excluding carboxylic acids is 2. The zero-order valence-electron chi connectivity index (χ0n) is 17.8. The van der Waals surface area contributed by atoms with Crippen LogP contribution in [0.15, 0.2) is 52.8 Å². The van der Waals surface area contributed by atoms with Gasteiger partial charge in [-0.2, -0.15) is 0 Å². The van der Waals surface area contributed by atoms with Gasteiger partial charge in [0.2, 0.25) is 11.5 Å². The molecule has 2 aromatic heterocycles. The van der Waals surface area contributed by atoms with Gasteiger partial charge in [-0.3, -0.25) is 19.7 Å². The fraction of sp³-hybridized carbons (Fsp3) is 0.304. The van der Waals surface area contributed by atoms with Crippen molar-refractivity contribution in [1.29, 1.82) is 0 Å². The molecule has 0 radical (unpaired) electrons. The van der Waals surface area contributed by atoms with E-state index in [4.69, 9.17) is 0 Å². The normalized spacial score (nSPS) is 13.8. The maximum atomic E-state index is 12.7. The van der Waals surface area contributed by atoms with E-state index in [1.807, 2.05) is 10.3 Å². The number of hydrogen-bond donors (Lipinski definition) is 2. The van der Waals surface area contributed by atoms with E-state index in [0.717, 1.165) is 18.8 Å². The van der Waals surface area contributed by atoms with E-state index in [-0.39, 0.29) is 17.4 Å². The van der Waals surface area contributed by atoms with Gasteiger partial charge in [0.1, 0.15) is 0 Å². The summed E-state index contributed by atoms with van der Waals surface area (Å²) >= 11 is 1.32. The van der Waals surface area contributed by atoms with Crippen LogP contribution in [0.5, 0.6) is 0 Å². The van der Waals surface area contributed by atoms with Crippen molar-refractivity contribution in [2.24, 2.45) is 0 Å². The Morgan fingerprint density at radius 1 is 1.16 bits per heavy atom. The highest BCUT2D eigenvalue weighted by molar-refractivity contribution is 7.14. The fourth-order valence-corrected chi connectivity index (χ4v) is 4.37. The topological polar surface area (TPSA) is 98.4 Å². The molecule has 0 aliphatic carbocycles. The Hall–Kier alpha value is -3.46. The van der Waals surface area contributed by atoms with Crippen LogP contribution in [0, 0.1) is 6.92 Å². The first kappa shape index (κ1) is 21.8. The summed E-state index contributed by atoms with van der Waals surface area (Å²) in [5.41, 5.74) is 3.30. The summed E-state index contributed by atoms with van der Waals surface area (Å²) in [5, 5.41) is 5.04. The summed E-state index contributed by atoms with van der Waals surface area (Å²) in [6, 6.07) is 11.2. The number of amides is 2. The SMILES string of the molecule is Cc1cccc(N2CCN(C(=O)CCc3csc(NC(=O)c4ccc(=O)[nH]c4)n3)CC2)c1. The molecule has 3 heterocycles. The predicted octanol–water partition coefficient (Wildman–Crippen LogP) is 2.67. The molecule has 0 bridgehead atoms. The first-order valence-corrected chi connectivity index (χ1v) is 11.4. The molecule has 1 aromatic carbocycles. The van der Waals surface area contributed by atoms with Crippen molar-refractivity contribution in [1.82, 2.24) is 14.9 Å². The summed E-state index contributed by atoms with van der Waals surface area (Å²) < 4.78 is 0. The monoisotopic (exact) mass is 451 g/mol. The third-order valence-electron chi connectivity index (χ3n) is 5.41. The fourth-order valence-electron chi connectivity index (χ4n) is 3.63. The van der Waals surface area contributed by atoms with E-state index < -0.39 is 0 Å². The number of thiazole rings is 1. The molecule has 2 N–H and O–H groups in total.